The Morgan fingerprint density at radius 1 is 1.58 bits per heavy atom. The third-order valence-electron chi connectivity index (χ3n) is 3.53. The molecule has 0 amide bonds. The molecular weight excluding hydrogens is 268 g/mol. The van der Waals surface area contributed by atoms with Gasteiger partial charge in [-0.25, -0.2) is 4.98 Å². The Hall–Kier alpha value is -1.40. The summed E-state index contributed by atoms with van der Waals surface area (Å²) >= 11 is 5.99. The number of aromatic nitrogens is 1. The fourth-order valence-electron chi connectivity index (χ4n) is 2.16. The van der Waals surface area contributed by atoms with E-state index in [9.17, 15) is 10.1 Å². The molecule has 0 bridgehead atoms. The van der Waals surface area contributed by atoms with Crippen LogP contribution in [0.15, 0.2) is 12.3 Å². The van der Waals surface area contributed by atoms with Gasteiger partial charge in [-0.3, -0.25) is 10.1 Å². The minimum Gasteiger partial charge on any atom is -0.368 e. The van der Waals surface area contributed by atoms with Gasteiger partial charge < -0.3 is 10.6 Å². The Kier molecular flexibility index (Phi) is 4.21. The topological polar surface area (TPSA) is 80.1 Å². The summed E-state index contributed by atoms with van der Waals surface area (Å²) < 4.78 is 0. The molecule has 7 heteroatoms. The Bertz CT molecular complexity index is 475. The minimum atomic E-state index is -0.503. The maximum atomic E-state index is 10.6. The number of hydrogen-bond acceptors (Lipinski definition) is 5. The predicted molar refractivity (Wildman–Crippen MR) is 74.6 cm³/mol. The van der Waals surface area contributed by atoms with Crippen LogP contribution in [0, 0.1) is 15.5 Å². The van der Waals surface area contributed by atoms with Crippen LogP contribution in [0.3, 0.4) is 0 Å². The van der Waals surface area contributed by atoms with Crippen molar-refractivity contribution in [1.29, 1.82) is 0 Å². The van der Waals surface area contributed by atoms with Crippen molar-refractivity contribution in [3.63, 3.8) is 0 Å². The molecule has 1 aromatic rings. The van der Waals surface area contributed by atoms with E-state index in [0.29, 0.717) is 5.82 Å². The molecule has 0 spiro atoms. The van der Waals surface area contributed by atoms with Gasteiger partial charge in [0.15, 0.2) is 0 Å². The van der Waals surface area contributed by atoms with Crippen LogP contribution in [0.4, 0.5) is 11.5 Å². The summed E-state index contributed by atoms with van der Waals surface area (Å²) in [5.74, 6) is 0.507. The summed E-state index contributed by atoms with van der Waals surface area (Å²) in [5.41, 5.74) is 0.113. The molecule has 2 rings (SSSR count). The van der Waals surface area contributed by atoms with Crippen molar-refractivity contribution >= 4 is 23.1 Å². The molecule has 2 heterocycles. The van der Waals surface area contributed by atoms with Crippen molar-refractivity contribution in [1.82, 2.24) is 10.3 Å². The van der Waals surface area contributed by atoms with E-state index in [1.807, 2.05) is 0 Å². The van der Waals surface area contributed by atoms with Gasteiger partial charge in [0, 0.05) is 12.6 Å². The number of nitrogens with zero attached hydrogens (tertiary/aromatic N) is 2. The van der Waals surface area contributed by atoms with Crippen LogP contribution in [-0.2, 0) is 0 Å². The third kappa shape index (κ3) is 3.54. The molecule has 2 N–H and O–H groups in total. The maximum Gasteiger partial charge on any atom is 0.289 e. The minimum absolute atomic E-state index is 0.0939. The number of pyridine rings is 1. The highest BCUT2D eigenvalue weighted by Crippen LogP contribution is 2.30. The summed E-state index contributed by atoms with van der Waals surface area (Å²) in [7, 11) is 0. The lowest BCUT2D eigenvalue weighted by atomic mass is 9.81. The number of anilines is 1. The van der Waals surface area contributed by atoms with Crippen LogP contribution >= 0.6 is 11.6 Å². The molecule has 0 radical (unpaired) electrons. The molecule has 6 nitrogen and oxygen atoms in total. The van der Waals surface area contributed by atoms with Crippen molar-refractivity contribution in [3.05, 3.63) is 27.4 Å². The highest BCUT2D eigenvalue weighted by Gasteiger charge is 2.26. The summed E-state index contributed by atoms with van der Waals surface area (Å²) in [6.07, 6.45) is 3.40. The molecule has 0 aliphatic carbocycles. The van der Waals surface area contributed by atoms with Crippen LogP contribution in [0.2, 0.25) is 5.02 Å². The van der Waals surface area contributed by atoms with Crippen molar-refractivity contribution < 1.29 is 4.92 Å². The number of halogens is 1. The molecule has 19 heavy (non-hydrogen) atoms. The van der Waals surface area contributed by atoms with Crippen LogP contribution in [0.5, 0.6) is 0 Å². The first kappa shape index (κ1) is 14.0. The number of nitro groups is 1. The van der Waals surface area contributed by atoms with Gasteiger partial charge in [0.2, 0.25) is 0 Å². The first-order valence-corrected chi connectivity index (χ1v) is 6.62. The Balaban J connectivity index is 2.01. The maximum absolute atomic E-state index is 10.6. The Labute approximate surface area is 116 Å². The molecule has 1 aliphatic rings. The van der Waals surface area contributed by atoms with Crippen molar-refractivity contribution in [2.45, 2.75) is 19.8 Å². The van der Waals surface area contributed by atoms with Gasteiger partial charge in [0.1, 0.15) is 12.0 Å². The average molecular weight is 285 g/mol. The smallest absolute Gasteiger partial charge is 0.289 e. The predicted octanol–water partition coefficient (Wildman–Crippen LogP) is 2.44. The summed E-state index contributed by atoms with van der Waals surface area (Å²) in [6, 6.07) is 1.32. The van der Waals surface area contributed by atoms with Gasteiger partial charge in [-0.15, -0.1) is 0 Å². The van der Waals surface area contributed by atoms with Gasteiger partial charge in [-0.1, -0.05) is 18.5 Å². The molecule has 0 saturated carbocycles. The van der Waals surface area contributed by atoms with Crippen LogP contribution in [-0.4, -0.2) is 29.5 Å². The van der Waals surface area contributed by atoms with Gasteiger partial charge >= 0.3 is 0 Å². The van der Waals surface area contributed by atoms with Gasteiger partial charge in [-0.05, 0) is 31.3 Å². The van der Waals surface area contributed by atoms with E-state index in [1.54, 1.807) is 0 Å². The Morgan fingerprint density at radius 2 is 2.26 bits per heavy atom. The molecule has 0 unspecified atom stereocenters. The van der Waals surface area contributed by atoms with Crippen LogP contribution in [0.25, 0.3) is 0 Å². The van der Waals surface area contributed by atoms with E-state index in [2.05, 4.69) is 22.5 Å². The van der Waals surface area contributed by atoms with E-state index in [1.165, 1.54) is 12.3 Å². The summed E-state index contributed by atoms with van der Waals surface area (Å²) in [4.78, 5) is 14.1. The first-order chi connectivity index (χ1) is 9.00. The molecule has 104 valence electrons. The van der Waals surface area contributed by atoms with E-state index in [0.717, 1.165) is 32.5 Å². The zero-order chi connectivity index (χ0) is 13.9. The molecule has 0 aromatic carbocycles. The van der Waals surface area contributed by atoms with Gasteiger partial charge in [0.25, 0.3) is 5.69 Å². The molecular formula is C12H17ClN4O2. The van der Waals surface area contributed by atoms with Gasteiger partial charge in [-0.2, -0.15) is 0 Å². The second kappa shape index (κ2) is 5.71. The second-order valence-electron chi connectivity index (χ2n) is 5.20. The lowest BCUT2D eigenvalue weighted by molar-refractivity contribution is -0.385. The first-order valence-electron chi connectivity index (χ1n) is 6.25. The highest BCUT2D eigenvalue weighted by molar-refractivity contribution is 6.33. The van der Waals surface area contributed by atoms with Crippen molar-refractivity contribution in [2.24, 2.45) is 5.41 Å². The fraction of sp³-hybridized carbons (Fsp3) is 0.583. The number of piperidine rings is 1. The molecule has 1 aromatic heterocycles. The second-order valence-corrected chi connectivity index (χ2v) is 5.60. The largest absolute Gasteiger partial charge is 0.368 e. The molecule has 1 saturated heterocycles. The van der Waals surface area contributed by atoms with E-state index in [4.69, 9.17) is 11.6 Å². The van der Waals surface area contributed by atoms with E-state index < -0.39 is 4.92 Å². The number of hydrogen-bond donors (Lipinski definition) is 2. The highest BCUT2D eigenvalue weighted by atomic mass is 35.5. The van der Waals surface area contributed by atoms with Crippen LogP contribution < -0.4 is 10.6 Å². The fourth-order valence-corrected chi connectivity index (χ4v) is 2.39. The summed E-state index contributed by atoms with van der Waals surface area (Å²) in [5, 5.41) is 17.4. The number of rotatable bonds is 4. The normalized spacial score (nSPS) is 18.0. The van der Waals surface area contributed by atoms with Gasteiger partial charge in [0.05, 0.1) is 9.95 Å². The van der Waals surface area contributed by atoms with Crippen molar-refractivity contribution in [3.8, 4) is 0 Å². The zero-order valence-corrected chi connectivity index (χ0v) is 11.5. The Morgan fingerprint density at radius 3 is 2.84 bits per heavy atom. The lowest BCUT2D eigenvalue weighted by Gasteiger charge is -2.34. The average Bonchev–Trinajstić information content (AvgIpc) is 2.38. The van der Waals surface area contributed by atoms with E-state index >= 15 is 0 Å². The lowest BCUT2D eigenvalue weighted by Crippen LogP contribution is -2.39. The van der Waals surface area contributed by atoms with Crippen molar-refractivity contribution in [2.75, 3.05) is 25.0 Å². The number of nitrogens with one attached hydrogen (secondary N) is 2. The monoisotopic (exact) mass is 284 g/mol. The zero-order valence-electron chi connectivity index (χ0n) is 10.8. The molecule has 1 aliphatic heterocycles. The van der Waals surface area contributed by atoms with E-state index in [-0.39, 0.29) is 16.1 Å². The summed E-state index contributed by atoms with van der Waals surface area (Å²) in [6.45, 7) is 5.01. The third-order valence-corrected chi connectivity index (χ3v) is 3.82. The quantitative estimate of drug-likeness (QED) is 0.656. The molecule has 1 fully saturated rings. The SMILES string of the molecule is CC1(CNc2ncc([N+](=O)[O-])cc2Cl)CCNCC1. The molecule has 0 atom stereocenters. The van der Waals surface area contributed by atoms with Crippen LogP contribution in [0.1, 0.15) is 19.8 Å². The standard InChI is InChI=1S/C12H17ClN4O2/c1-12(2-4-14-5-3-12)8-16-11-10(13)6-9(7-15-11)17(18)19/h6-7,14H,2-5,8H2,1H3,(H,15,16).